The van der Waals surface area contributed by atoms with Crippen LogP contribution < -0.4 is 27.4 Å². The van der Waals surface area contributed by atoms with Crippen molar-refractivity contribution in [3.63, 3.8) is 0 Å². The summed E-state index contributed by atoms with van der Waals surface area (Å²) in [6.45, 7) is 0.640. The molecule has 0 saturated heterocycles. The zero-order chi connectivity index (χ0) is 22.7. The van der Waals surface area contributed by atoms with Gasteiger partial charge in [-0.1, -0.05) is 0 Å². The lowest BCUT2D eigenvalue weighted by molar-refractivity contribution is -0.147. The molecule has 0 saturated carbocycles. The van der Waals surface area contributed by atoms with Gasteiger partial charge in [0.05, 0.1) is 19.1 Å². The largest absolute Gasteiger partial charge is 0.481 e. The number of aliphatic hydroxyl groups excluding tert-OH is 1. The second-order valence-electron chi connectivity index (χ2n) is 6.11. The summed E-state index contributed by atoms with van der Waals surface area (Å²) >= 11 is 0. The van der Waals surface area contributed by atoms with Crippen molar-refractivity contribution in [2.45, 2.75) is 50.4 Å². The molecule has 4 unspecified atom stereocenters. The van der Waals surface area contributed by atoms with Crippen molar-refractivity contribution in [2.75, 3.05) is 6.54 Å². The Hall–Kier alpha value is -3.26. The Kier molecular flexibility index (Phi) is 10.9. The molecular weight excluding hydrogens is 394 g/mol. The van der Waals surface area contributed by atoms with E-state index in [0.29, 0.717) is 0 Å². The van der Waals surface area contributed by atoms with E-state index in [1.54, 1.807) is 0 Å². The molecule has 0 heterocycles. The van der Waals surface area contributed by atoms with E-state index in [1.807, 2.05) is 5.32 Å². The molecule has 14 nitrogen and oxygen atoms in total. The summed E-state index contributed by atoms with van der Waals surface area (Å²) < 4.78 is 0. The third-order valence-electron chi connectivity index (χ3n) is 3.57. The lowest BCUT2D eigenvalue weighted by Crippen LogP contribution is -2.54. The van der Waals surface area contributed by atoms with Crippen LogP contribution in [0.2, 0.25) is 0 Å². The topological polar surface area (TPSA) is 251 Å². The fourth-order valence-corrected chi connectivity index (χ4v) is 1.95. The number of carboxylic acids is 2. The molecule has 0 bridgehead atoms. The van der Waals surface area contributed by atoms with E-state index in [1.165, 1.54) is 6.92 Å². The van der Waals surface area contributed by atoms with E-state index in [4.69, 9.17) is 21.7 Å². The molecule has 29 heavy (non-hydrogen) atoms. The number of carbonyl (C=O) groups is 6. The molecule has 0 fully saturated rings. The number of carbonyl (C=O) groups excluding carboxylic acids is 4. The number of hydrogen-bond donors (Lipinski definition) is 8. The maximum atomic E-state index is 12.2. The first-order valence-electron chi connectivity index (χ1n) is 8.39. The van der Waals surface area contributed by atoms with E-state index in [2.05, 4.69) is 10.6 Å². The number of aliphatic carboxylic acids is 2. The smallest absolute Gasteiger partial charge is 0.326 e. The van der Waals surface area contributed by atoms with Crippen LogP contribution in [0.25, 0.3) is 0 Å². The monoisotopic (exact) mass is 419 g/mol. The average molecular weight is 419 g/mol. The highest BCUT2D eigenvalue weighted by Crippen LogP contribution is 2.01. The molecule has 0 radical (unpaired) electrons. The minimum Gasteiger partial charge on any atom is -0.481 e. The van der Waals surface area contributed by atoms with Crippen molar-refractivity contribution < 1.29 is 44.1 Å². The number of hydrogen-bond acceptors (Lipinski definition) is 8. The van der Waals surface area contributed by atoms with Crippen molar-refractivity contribution in [2.24, 2.45) is 11.5 Å². The molecule has 0 aliphatic rings. The van der Waals surface area contributed by atoms with Gasteiger partial charge in [0.1, 0.15) is 18.1 Å². The number of nitrogens with two attached hydrogens (primary N) is 2. The summed E-state index contributed by atoms with van der Waals surface area (Å²) in [5.74, 6) is -6.66. The second kappa shape index (κ2) is 12.2. The molecule has 164 valence electrons. The van der Waals surface area contributed by atoms with Crippen LogP contribution in [0.15, 0.2) is 0 Å². The van der Waals surface area contributed by atoms with E-state index < -0.39 is 72.8 Å². The van der Waals surface area contributed by atoms with E-state index in [0.717, 1.165) is 0 Å². The van der Waals surface area contributed by atoms with Crippen LogP contribution in [-0.4, -0.2) is 81.7 Å². The lowest BCUT2D eigenvalue weighted by Gasteiger charge is -2.21. The lowest BCUT2D eigenvalue weighted by atomic mass is 10.1. The molecule has 0 rings (SSSR count). The van der Waals surface area contributed by atoms with Crippen LogP contribution in [0, 0.1) is 0 Å². The minimum atomic E-state index is -1.77. The minimum absolute atomic E-state index is 0.298. The summed E-state index contributed by atoms with van der Waals surface area (Å²) in [6.07, 6.45) is -2.72. The Morgan fingerprint density at radius 3 is 2.00 bits per heavy atom. The van der Waals surface area contributed by atoms with Crippen LogP contribution in [0.4, 0.5) is 0 Å². The van der Waals surface area contributed by atoms with Crippen molar-refractivity contribution in [1.82, 2.24) is 16.0 Å². The quantitative estimate of drug-likeness (QED) is 0.142. The fourth-order valence-electron chi connectivity index (χ4n) is 1.95. The zero-order valence-corrected chi connectivity index (χ0v) is 15.6. The van der Waals surface area contributed by atoms with Gasteiger partial charge in [-0.25, -0.2) is 4.79 Å². The molecule has 10 N–H and O–H groups in total. The normalized spacial score (nSPS) is 14.6. The van der Waals surface area contributed by atoms with Gasteiger partial charge >= 0.3 is 11.9 Å². The third-order valence-corrected chi connectivity index (χ3v) is 3.57. The molecule has 0 aromatic heterocycles. The summed E-state index contributed by atoms with van der Waals surface area (Å²) in [6, 6.07) is -4.48. The van der Waals surface area contributed by atoms with Crippen molar-refractivity contribution in [3.05, 3.63) is 0 Å². The molecule has 0 aromatic rings. The standard InChI is InChI=1S/C15H25N5O9/c1-6(21)12(17)14(27)18-5-10(23)19-7(2-3-9(16)22)13(26)20-8(15(28)29)4-11(24)25/h6-8,12,21H,2-5,17H2,1H3,(H2,16,22)(H,18,27)(H,19,23)(H,20,26)(H,24,25)(H,28,29). The number of aliphatic hydroxyl groups is 1. The number of rotatable bonds is 13. The SMILES string of the molecule is CC(O)C(N)C(=O)NCC(=O)NC(CCC(N)=O)C(=O)NC(CC(=O)O)C(=O)O. The van der Waals surface area contributed by atoms with Gasteiger partial charge in [0, 0.05) is 6.42 Å². The number of primary amides is 1. The Bertz CT molecular complexity index is 652. The maximum absolute atomic E-state index is 12.2. The van der Waals surface area contributed by atoms with Crippen LogP contribution >= 0.6 is 0 Å². The first kappa shape index (κ1) is 25.7. The van der Waals surface area contributed by atoms with Gasteiger partial charge in [-0.2, -0.15) is 0 Å². The second-order valence-corrected chi connectivity index (χ2v) is 6.11. The Balaban J connectivity index is 5.02. The van der Waals surface area contributed by atoms with Crippen LogP contribution in [-0.2, 0) is 28.8 Å². The molecular formula is C15H25N5O9. The van der Waals surface area contributed by atoms with Crippen molar-refractivity contribution >= 4 is 35.6 Å². The van der Waals surface area contributed by atoms with Gasteiger partial charge in [0.2, 0.25) is 23.6 Å². The Labute approximate surface area is 165 Å². The highest BCUT2D eigenvalue weighted by molar-refractivity contribution is 5.93. The van der Waals surface area contributed by atoms with Crippen molar-refractivity contribution in [3.8, 4) is 0 Å². The van der Waals surface area contributed by atoms with Gasteiger partial charge in [0.15, 0.2) is 0 Å². The molecule has 4 amide bonds. The molecule has 0 aliphatic heterocycles. The molecule has 4 atom stereocenters. The zero-order valence-electron chi connectivity index (χ0n) is 15.6. The van der Waals surface area contributed by atoms with Gasteiger partial charge in [-0.3, -0.25) is 24.0 Å². The van der Waals surface area contributed by atoms with E-state index >= 15 is 0 Å². The molecule has 0 aliphatic carbocycles. The number of amides is 4. The maximum Gasteiger partial charge on any atom is 0.326 e. The summed E-state index contributed by atoms with van der Waals surface area (Å²) in [5, 5.41) is 33.1. The fraction of sp³-hybridized carbons (Fsp3) is 0.600. The van der Waals surface area contributed by atoms with Crippen LogP contribution in [0.3, 0.4) is 0 Å². The molecule has 14 heteroatoms. The highest BCUT2D eigenvalue weighted by Gasteiger charge is 2.28. The van der Waals surface area contributed by atoms with Crippen LogP contribution in [0.1, 0.15) is 26.2 Å². The van der Waals surface area contributed by atoms with Crippen molar-refractivity contribution in [1.29, 1.82) is 0 Å². The predicted octanol–water partition coefficient (Wildman–Crippen LogP) is -4.39. The van der Waals surface area contributed by atoms with E-state index in [-0.39, 0.29) is 12.8 Å². The van der Waals surface area contributed by atoms with E-state index in [9.17, 15) is 33.9 Å². The number of nitrogens with one attached hydrogen (secondary N) is 3. The average Bonchev–Trinajstić information content (AvgIpc) is 2.60. The van der Waals surface area contributed by atoms with Gasteiger partial charge < -0.3 is 42.7 Å². The Morgan fingerprint density at radius 2 is 1.55 bits per heavy atom. The van der Waals surface area contributed by atoms with Gasteiger partial charge in [-0.15, -0.1) is 0 Å². The first-order chi connectivity index (χ1) is 13.3. The van der Waals surface area contributed by atoms with Crippen LogP contribution in [0.5, 0.6) is 0 Å². The summed E-state index contributed by atoms with van der Waals surface area (Å²) in [7, 11) is 0. The molecule has 0 spiro atoms. The summed E-state index contributed by atoms with van der Waals surface area (Å²) in [5.41, 5.74) is 10.4. The van der Waals surface area contributed by atoms with Gasteiger partial charge in [-0.05, 0) is 13.3 Å². The third kappa shape index (κ3) is 10.6. The Morgan fingerprint density at radius 1 is 0.966 bits per heavy atom. The first-order valence-corrected chi connectivity index (χ1v) is 8.39. The van der Waals surface area contributed by atoms with Gasteiger partial charge in [0.25, 0.3) is 0 Å². The highest BCUT2D eigenvalue weighted by atomic mass is 16.4. The number of carboxylic acid groups (broad SMARTS) is 2. The molecule has 0 aromatic carbocycles. The summed E-state index contributed by atoms with van der Waals surface area (Å²) in [4.78, 5) is 68.5. The predicted molar refractivity (Wildman–Crippen MR) is 94.8 cm³/mol.